The molecule has 1 aliphatic rings. The molecule has 0 saturated carbocycles. The van der Waals surface area contributed by atoms with Gasteiger partial charge in [-0.2, -0.15) is 5.26 Å². The monoisotopic (exact) mass is 410 g/mol. The molecule has 0 spiro atoms. The van der Waals surface area contributed by atoms with Gasteiger partial charge in [-0.15, -0.1) is 0 Å². The van der Waals surface area contributed by atoms with Crippen LogP contribution in [0.25, 0.3) is 6.08 Å². The summed E-state index contributed by atoms with van der Waals surface area (Å²) in [5.74, 6) is 0.375. The summed E-state index contributed by atoms with van der Waals surface area (Å²) in [6.45, 7) is 6.02. The van der Waals surface area contributed by atoms with Gasteiger partial charge in [-0.25, -0.2) is 0 Å². The summed E-state index contributed by atoms with van der Waals surface area (Å²) in [5, 5.41) is 12.4. The molecule has 1 aliphatic heterocycles. The SMILES string of the molecule is Cc1cc(/C=C(\C#N)C(=O)NCC(c2ccco2)N(C)C)c(C)n1CC1CCCO1. The van der Waals surface area contributed by atoms with E-state index < -0.39 is 0 Å². The fraction of sp³-hybridized carbons (Fsp3) is 0.478. The third-order valence-corrected chi connectivity index (χ3v) is 5.64. The lowest BCUT2D eigenvalue weighted by molar-refractivity contribution is -0.117. The fourth-order valence-corrected chi connectivity index (χ4v) is 3.85. The van der Waals surface area contributed by atoms with E-state index in [0.717, 1.165) is 48.7 Å². The van der Waals surface area contributed by atoms with Crippen molar-refractivity contribution in [1.29, 1.82) is 5.26 Å². The number of carbonyl (C=O) groups is 1. The normalized spacial score (nSPS) is 17.9. The maximum atomic E-state index is 12.7. The van der Waals surface area contributed by atoms with Crippen molar-refractivity contribution in [2.45, 2.75) is 45.4 Å². The number of rotatable bonds is 8. The maximum absolute atomic E-state index is 12.7. The highest BCUT2D eigenvalue weighted by molar-refractivity contribution is 6.01. The van der Waals surface area contributed by atoms with Gasteiger partial charge < -0.3 is 19.0 Å². The van der Waals surface area contributed by atoms with Crippen LogP contribution in [0.5, 0.6) is 0 Å². The zero-order valence-corrected chi connectivity index (χ0v) is 18.1. The van der Waals surface area contributed by atoms with E-state index >= 15 is 0 Å². The van der Waals surface area contributed by atoms with Crippen LogP contribution >= 0.6 is 0 Å². The van der Waals surface area contributed by atoms with Crippen molar-refractivity contribution in [3.8, 4) is 6.07 Å². The molecule has 30 heavy (non-hydrogen) atoms. The summed E-state index contributed by atoms with van der Waals surface area (Å²) in [6.07, 6.45) is 5.68. The van der Waals surface area contributed by atoms with Gasteiger partial charge in [0.15, 0.2) is 0 Å². The molecule has 3 rings (SSSR count). The highest BCUT2D eigenvalue weighted by Gasteiger charge is 2.21. The van der Waals surface area contributed by atoms with Crippen molar-refractivity contribution in [2.75, 3.05) is 27.2 Å². The number of aryl methyl sites for hydroxylation is 1. The molecule has 0 aromatic carbocycles. The minimum atomic E-state index is -0.389. The Labute approximate surface area is 177 Å². The van der Waals surface area contributed by atoms with Crippen molar-refractivity contribution in [2.24, 2.45) is 0 Å². The number of ether oxygens (including phenoxy) is 1. The predicted octanol–water partition coefficient (Wildman–Crippen LogP) is 3.20. The average molecular weight is 411 g/mol. The van der Waals surface area contributed by atoms with Crippen LogP contribution in [0.2, 0.25) is 0 Å². The standard InChI is InChI=1S/C23H30N4O3/c1-16-11-18(17(2)27(16)15-20-7-5-9-29-20)12-19(13-24)23(28)25-14-21(26(3)4)22-8-6-10-30-22/h6,8,10-12,20-21H,5,7,9,14-15H2,1-4H3,(H,25,28)/b19-12+. The molecular formula is C23H30N4O3. The first kappa shape index (κ1) is 21.9. The van der Waals surface area contributed by atoms with Gasteiger partial charge in [0.1, 0.15) is 17.4 Å². The van der Waals surface area contributed by atoms with E-state index in [4.69, 9.17) is 9.15 Å². The molecule has 2 aromatic heterocycles. The molecule has 0 aliphatic carbocycles. The topological polar surface area (TPSA) is 83.4 Å². The average Bonchev–Trinajstić information content (AvgIpc) is 3.46. The lowest BCUT2D eigenvalue weighted by Gasteiger charge is -2.22. The van der Waals surface area contributed by atoms with Crippen molar-refractivity contribution in [3.63, 3.8) is 0 Å². The Morgan fingerprint density at radius 2 is 2.27 bits per heavy atom. The Balaban J connectivity index is 1.72. The molecule has 0 bridgehead atoms. The molecule has 2 aromatic rings. The van der Waals surface area contributed by atoms with Crippen LogP contribution in [-0.4, -0.2) is 48.7 Å². The number of carbonyl (C=O) groups excluding carboxylic acids is 1. The van der Waals surface area contributed by atoms with Gasteiger partial charge in [0.05, 0.1) is 18.4 Å². The van der Waals surface area contributed by atoms with Crippen molar-refractivity contribution >= 4 is 12.0 Å². The van der Waals surface area contributed by atoms with Gasteiger partial charge >= 0.3 is 0 Å². The molecule has 2 unspecified atom stereocenters. The summed E-state index contributed by atoms with van der Waals surface area (Å²) >= 11 is 0. The second-order valence-corrected chi connectivity index (χ2v) is 7.95. The van der Waals surface area contributed by atoms with Crippen LogP contribution in [0.15, 0.2) is 34.5 Å². The molecule has 3 heterocycles. The van der Waals surface area contributed by atoms with Gasteiger partial charge in [0.2, 0.25) is 0 Å². The van der Waals surface area contributed by atoms with Crippen LogP contribution < -0.4 is 5.32 Å². The van der Waals surface area contributed by atoms with Gasteiger partial charge in [0.25, 0.3) is 5.91 Å². The zero-order chi connectivity index (χ0) is 21.7. The highest BCUT2D eigenvalue weighted by atomic mass is 16.5. The van der Waals surface area contributed by atoms with Crippen LogP contribution in [0.1, 0.15) is 41.6 Å². The number of furan rings is 1. The number of hydrogen-bond acceptors (Lipinski definition) is 5. The number of amides is 1. The molecule has 1 fully saturated rings. The molecule has 1 amide bonds. The van der Waals surface area contributed by atoms with E-state index in [1.165, 1.54) is 0 Å². The minimum absolute atomic E-state index is 0.0873. The molecule has 160 valence electrons. The molecule has 2 atom stereocenters. The van der Waals surface area contributed by atoms with Crippen LogP contribution in [0, 0.1) is 25.2 Å². The highest BCUT2D eigenvalue weighted by Crippen LogP contribution is 2.22. The van der Waals surface area contributed by atoms with E-state index in [0.29, 0.717) is 6.54 Å². The van der Waals surface area contributed by atoms with Gasteiger partial charge in [-0.1, -0.05) is 0 Å². The van der Waals surface area contributed by atoms with Crippen molar-refractivity contribution < 1.29 is 13.9 Å². The maximum Gasteiger partial charge on any atom is 0.262 e. The molecular weight excluding hydrogens is 380 g/mol. The Morgan fingerprint density at radius 1 is 1.47 bits per heavy atom. The molecule has 7 heteroatoms. The summed E-state index contributed by atoms with van der Waals surface area (Å²) in [4.78, 5) is 14.6. The smallest absolute Gasteiger partial charge is 0.262 e. The second kappa shape index (κ2) is 9.79. The van der Waals surface area contributed by atoms with E-state index in [2.05, 4.69) is 9.88 Å². The van der Waals surface area contributed by atoms with Crippen LogP contribution in [-0.2, 0) is 16.1 Å². The number of nitriles is 1. The second-order valence-electron chi connectivity index (χ2n) is 7.95. The van der Waals surface area contributed by atoms with E-state index in [9.17, 15) is 10.1 Å². The molecule has 7 nitrogen and oxygen atoms in total. The minimum Gasteiger partial charge on any atom is -0.468 e. The summed E-state index contributed by atoms with van der Waals surface area (Å²) < 4.78 is 13.4. The van der Waals surface area contributed by atoms with E-state index in [-0.39, 0.29) is 23.6 Å². The Kier molecular flexibility index (Phi) is 7.14. The Hall–Kier alpha value is -2.82. The Morgan fingerprint density at radius 3 is 2.87 bits per heavy atom. The number of hydrogen-bond donors (Lipinski definition) is 1. The predicted molar refractivity (Wildman–Crippen MR) is 115 cm³/mol. The first-order valence-corrected chi connectivity index (χ1v) is 10.3. The van der Waals surface area contributed by atoms with Crippen LogP contribution in [0.3, 0.4) is 0 Å². The molecule has 1 N–H and O–H groups in total. The first-order valence-electron chi connectivity index (χ1n) is 10.3. The van der Waals surface area contributed by atoms with Crippen molar-refractivity contribution in [3.05, 3.63) is 52.7 Å². The quantitative estimate of drug-likeness (QED) is 0.534. The number of nitrogens with zero attached hydrogens (tertiary/aromatic N) is 3. The fourth-order valence-electron chi connectivity index (χ4n) is 3.85. The zero-order valence-electron chi connectivity index (χ0n) is 18.1. The van der Waals surface area contributed by atoms with Gasteiger partial charge in [-0.3, -0.25) is 9.69 Å². The molecule has 1 saturated heterocycles. The third-order valence-electron chi connectivity index (χ3n) is 5.64. The van der Waals surface area contributed by atoms with Crippen LogP contribution in [0.4, 0.5) is 0 Å². The summed E-state index contributed by atoms with van der Waals surface area (Å²) in [5.41, 5.74) is 3.10. The first-order chi connectivity index (χ1) is 14.4. The van der Waals surface area contributed by atoms with E-state index in [1.807, 2.05) is 57.1 Å². The van der Waals surface area contributed by atoms with Gasteiger partial charge in [-0.05, 0) is 70.6 Å². The Bertz CT molecular complexity index is 929. The van der Waals surface area contributed by atoms with Crippen molar-refractivity contribution in [1.82, 2.24) is 14.8 Å². The lowest BCUT2D eigenvalue weighted by atomic mass is 10.1. The number of aromatic nitrogens is 1. The van der Waals surface area contributed by atoms with E-state index in [1.54, 1.807) is 12.3 Å². The summed E-state index contributed by atoms with van der Waals surface area (Å²) in [6, 6.07) is 7.64. The summed E-state index contributed by atoms with van der Waals surface area (Å²) in [7, 11) is 3.84. The van der Waals surface area contributed by atoms with Gasteiger partial charge in [0, 0.05) is 31.1 Å². The largest absolute Gasteiger partial charge is 0.468 e. The molecule has 0 radical (unpaired) electrons. The number of likely N-dealkylation sites (N-methyl/N-ethyl adjacent to an activating group) is 1. The lowest BCUT2D eigenvalue weighted by Crippen LogP contribution is -2.34. The third kappa shape index (κ3) is 5.02. The number of nitrogens with one attached hydrogen (secondary N) is 1.